The van der Waals surface area contributed by atoms with Crippen molar-refractivity contribution in [2.45, 2.75) is 4.90 Å². The van der Waals surface area contributed by atoms with Crippen molar-refractivity contribution in [3.05, 3.63) is 47.1 Å². The first kappa shape index (κ1) is 13.7. The van der Waals surface area contributed by atoms with Crippen LogP contribution in [0.25, 0.3) is 0 Å². The first-order chi connectivity index (χ1) is 9.13. The Balaban J connectivity index is 2.39. The van der Waals surface area contributed by atoms with Gasteiger partial charge in [-0.05, 0) is 24.5 Å². The van der Waals surface area contributed by atoms with Crippen LogP contribution in [-0.4, -0.2) is 17.1 Å². The second-order valence-electron chi connectivity index (χ2n) is 3.64. The Morgan fingerprint density at radius 1 is 1.37 bits per heavy atom. The molecule has 0 bridgehead atoms. The number of nitrogens with one attached hydrogen (secondary N) is 1. The van der Waals surface area contributed by atoms with Crippen molar-refractivity contribution < 1.29 is 4.74 Å². The van der Waals surface area contributed by atoms with Gasteiger partial charge in [-0.25, -0.2) is 4.98 Å². The van der Waals surface area contributed by atoms with Crippen molar-refractivity contribution in [2.24, 2.45) is 5.73 Å². The Morgan fingerprint density at radius 3 is 2.79 bits per heavy atom. The first-order valence-corrected chi connectivity index (χ1v) is 7.03. The topological polar surface area (TPSA) is 72.0 Å². The van der Waals surface area contributed by atoms with Crippen LogP contribution in [0.1, 0.15) is 5.56 Å². The molecule has 0 fully saturated rings. The van der Waals surface area contributed by atoms with Crippen LogP contribution >= 0.6 is 23.4 Å². The first-order valence-electron chi connectivity index (χ1n) is 5.43. The largest absolute Gasteiger partial charge is 0.436 e. The number of nitrogens with zero attached hydrogens (tertiary/aromatic N) is 1. The summed E-state index contributed by atoms with van der Waals surface area (Å²) >= 11 is 7.70. The number of benzene rings is 1. The summed E-state index contributed by atoms with van der Waals surface area (Å²) in [6.45, 7) is 0. The number of hydrogen-bond donors (Lipinski definition) is 2. The summed E-state index contributed by atoms with van der Waals surface area (Å²) in [7, 11) is 0. The number of thioether (sulfide) groups is 1. The van der Waals surface area contributed by atoms with E-state index in [-0.39, 0.29) is 16.7 Å². The van der Waals surface area contributed by atoms with Crippen molar-refractivity contribution >= 4 is 29.2 Å². The SMILES string of the molecule is CSc1ccccc1Oc1nccc(C(=N)N)c1Cl. The third-order valence-corrected chi connectivity index (χ3v) is 3.57. The second-order valence-corrected chi connectivity index (χ2v) is 4.87. The van der Waals surface area contributed by atoms with Crippen molar-refractivity contribution in [1.29, 1.82) is 5.41 Å². The van der Waals surface area contributed by atoms with Gasteiger partial charge >= 0.3 is 0 Å². The molecule has 6 heteroatoms. The summed E-state index contributed by atoms with van der Waals surface area (Å²) < 4.78 is 5.71. The van der Waals surface area contributed by atoms with E-state index in [0.29, 0.717) is 11.3 Å². The zero-order valence-corrected chi connectivity index (χ0v) is 11.8. The number of nitrogen functional groups attached to an aromatic ring is 1. The van der Waals surface area contributed by atoms with E-state index in [0.717, 1.165) is 4.90 Å². The van der Waals surface area contributed by atoms with Crippen molar-refractivity contribution in [3.8, 4) is 11.6 Å². The number of amidine groups is 1. The average molecular weight is 294 g/mol. The van der Waals surface area contributed by atoms with Gasteiger partial charge in [0.2, 0.25) is 5.88 Å². The minimum absolute atomic E-state index is 0.115. The van der Waals surface area contributed by atoms with Gasteiger partial charge in [0.25, 0.3) is 0 Å². The Labute approximate surface area is 120 Å². The lowest BCUT2D eigenvalue weighted by atomic mass is 10.2. The molecule has 1 aromatic carbocycles. The van der Waals surface area contributed by atoms with Gasteiger partial charge in [0.15, 0.2) is 0 Å². The Morgan fingerprint density at radius 2 is 2.11 bits per heavy atom. The minimum atomic E-state index is -0.115. The molecule has 0 saturated heterocycles. The fourth-order valence-electron chi connectivity index (χ4n) is 1.51. The van der Waals surface area contributed by atoms with Crippen LogP contribution in [0.15, 0.2) is 41.4 Å². The molecule has 0 spiro atoms. The smallest absolute Gasteiger partial charge is 0.238 e. The summed E-state index contributed by atoms with van der Waals surface area (Å²) in [6, 6.07) is 9.17. The number of pyridine rings is 1. The van der Waals surface area contributed by atoms with Gasteiger partial charge in [-0.15, -0.1) is 11.8 Å². The molecule has 98 valence electrons. The molecule has 0 aliphatic rings. The predicted molar refractivity (Wildman–Crippen MR) is 78.6 cm³/mol. The number of hydrogen-bond acceptors (Lipinski definition) is 4. The van der Waals surface area contributed by atoms with E-state index in [1.807, 2.05) is 30.5 Å². The zero-order chi connectivity index (χ0) is 13.8. The maximum Gasteiger partial charge on any atom is 0.238 e. The van der Waals surface area contributed by atoms with Gasteiger partial charge in [0, 0.05) is 16.7 Å². The van der Waals surface area contributed by atoms with Crippen LogP contribution in [0.5, 0.6) is 11.6 Å². The van der Waals surface area contributed by atoms with Gasteiger partial charge in [0.05, 0.1) is 0 Å². The molecule has 2 rings (SSSR count). The van der Waals surface area contributed by atoms with Crippen LogP contribution in [-0.2, 0) is 0 Å². The molecule has 0 saturated carbocycles. The maximum absolute atomic E-state index is 7.44. The van der Waals surface area contributed by atoms with Gasteiger partial charge in [-0.1, -0.05) is 23.7 Å². The third-order valence-electron chi connectivity index (χ3n) is 2.42. The predicted octanol–water partition coefficient (Wildman–Crippen LogP) is 3.53. The summed E-state index contributed by atoms with van der Waals surface area (Å²) in [6.07, 6.45) is 3.48. The highest BCUT2D eigenvalue weighted by atomic mass is 35.5. The fourth-order valence-corrected chi connectivity index (χ4v) is 2.29. The zero-order valence-electron chi connectivity index (χ0n) is 10.2. The molecule has 2 aromatic rings. The number of ether oxygens (including phenoxy) is 1. The molecule has 19 heavy (non-hydrogen) atoms. The van der Waals surface area contributed by atoms with Crippen LogP contribution in [0.3, 0.4) is 0 Å². The number of aromatic nitrogens is 1. The van der Waals surface area contributed by atoms with Crippen LogP contribution < -0.4 is 10.5 Å². The lowest BCUT2D eigenvalue weighted by molar-refractivity contribution is 0.452. The summed E-state index contributed by atoms with van der Waals surface area (Å²) in [5.41, 5.74) is 5.85. The van der Waals surface area contributed by atoms with Crippen molar-refractivity contribution in [2.75, 3.05) is 6.26 Å². The van der Waals surface area contributed by atoms with Crippen molar-refractivity contribution in [1.82, 2.24) is 4.98 Å². The number of rotatable bonds is 4. The number of nitrogens with two attached hydrogens (primary N) is 1. The van der Waals surface area contributed by atoms with E-state index in [1.54, 1.807) is 17.8 Å². The standard InChI is InChI=1S/C13H12ClN3OS/c1-19-10-5-3-2-4-9(10)18-13-11(14)8(12(15)16)6-7-17-13/h2-7H,1H3,(H3,15,16). The monoisotopic (exact) mass is 293 g/mol. The molecule has 0 aliphatic heterocycles. The van der Waals surface area contributed by atoms with Crippen LogP contribution in [0.4, 0.5) is 0 Å². The summed E-state index contributed by atoms with van der Waals surface area (Å²) in [4.78, 5) is 5.06. The fraction of sp³-hybridized carbons (Fsp3) is 0.0769. The lowest BCUT2D eigenvalue weighted by Crippen LogP contribution is -2.12. The summed E-state index contributed by atoms with van der Waals surface area (Å²) in [5.74, 6) is 0.802. The highest BCUT2D eigenvalue weighted by Gasteiger charge is 2.13. The van der Waals surface area contributed by atoms with Gasteiger partial charge in [0.1, 0.15) is 16.6 Å². The molecule has 0 atom stereocenters. The average Bonchev–Trinajstić information content (AvgIpc) is 2.41. The third kappa shape index (κ3) is 3.00. The van der Waals surface area contributed by atoms with Gasteiger partial charge in [-0.3, -0.25) is 5.41 Å². The Hall–Kier alpha value is -1.72. The highest BCUT2D eigenvalue weighted by molar-refractivity contribution is 7.98. The molecule has 0 unspecified atom stereocenters. The van der Waals surface area contributed by atoms with E-state index in [2.05, 4.69) is 4.98 Å². The molecule has 1 aromatic heterocycles. The van der Waals surface area contributed by atoms with E-state index in [4.69, 9.17) is 27.5 Å². The molecule has 0 radical (unpaired) electrons. The van der Waals surface area contributed by atoms with Crippen molar-refractivity contribution in [3.63, 3.8) is 0 Å². The molecule has 0 amide bonds. The number of para-hydroxylation sites is 1. The summed E-state index contributed by atoms with van der Waals surface area (Å²) in [5, 5.41) is 7.68. The second kappa shape index (κ2) is 5.95. The lowest BCUT2D eigenvalue weighted by Gasteiger charge is -2.11. The maximum atomic E-state index is 7.44. The molecule has 1 heterocycles. The van der Waals surface area contributed by atoms with E-state index >= 15 is 0 Å². The quantitative estimate of drug-likeness (QED) is 0.514. The molecular formula is C13H12ClN3OS. The van der Waals surface area contributed by atoms with E-state index in [9.17, 15) is 0 Å². The molecule has 0 aliphatic carbocycles. The molecule has 3 N–H and O–H groups in total. The highest BCUT2D eigenvalue weighted by Crippen LogP contribution is 2.34. The van der Waals surface area contributed by atoms with Gasteiger partial charge < -0.3 is 10.5 Å². The Kier molecular flexibility index (Phi) is 4.29. The van der Waals surface area contributed by atoms with Crippen LogP contribution in [0, 0.1) is 5.41 Å². The van der Waals surface area contributed by atoms with E-state index in [1.165, 1.54) is 6.20 Å². The molecular weight excluding hydrogens is 282 g/mol. The number of halogens is 1. The Bertz CT molecular complexity index is 619. The van der Waals surface area contributed by atoms with E-state index < -0.39 is 0 Å². The molecule has 4 nitrogen and oxygen atoms in total. The normalized spacial score (nSPS) is 10.2. The van der Waals surface area contributed by atoms with Crippen LogP contribution in [0.2, 0.25) is 5.02 Å². The minimum Gasteiger partial charge on any atom is -0.436 e. The van der Waals surface area contributed by atoms with Gasteiger partial charge in [-0.2, -0.15) is 0 Å².